The summed E-state index contributed by atoms with van der Waals surface area (Å²) in [5.74, 6) is 0.442. The molecule has 1 rings (SSSR count). The van der Waals surface area contributed by atoms with E-state index in [0.717, 1.165) is 5.56 Å². The topological polar surface area (TPSA) is 64.2 Å². The molecule has 0 fully saturated rings. The van der Waals surface area contributed by atoms with Gasteiger partial charge in [-0.05, 0) is 5.56 Å². The van der Waals surface area contributed by atoms with Gasteiger partial charge in [0.2, 0.25) is 0 Å². The molecular formula is C12H15NO2S. The third-order valence-corrected chi connectivity index (χ3v) is 3.57. The standard InChI is InChI=1S/C12H15NO2S/c13-7-6-12(16-9-11(15)8-14)10-4-2-1-3-5-10/h1-5,11-12,14-15H,6,8-9H2. The number of nitriles is 1. The van der Waals surface area contributed by atoms with E-state index < -0.39 is 6.10 Å². The lowest BCUT2D eigenvalue weighted by Gasteiger charge is -2.15. The van der Waals surface area contributed by atoms with Crippen molar-refractivity contribution in [1.29, 1.82) is 5.26 Å². The Bertz CT molecular complexity index is 337. The minimum atomic E-state index is -0.713. The maximum atomic E-state index is 9.27. The van der Waals surface area contributed by atoms with Crippen molar-refractivity contribution in [2.75, 3.05) is 12.4 Å². The van der Waals surface area contributed by atoms with Crippen molar-refractivity contribution in [3.8, 4) is 6.07 Å². The summed E-state index contributed by atoms with van der Waals surface area (Å²) in [7, 11) is 0. The summed E-state index contributed by atoms with van der Waals surface area (Å²) in [6, 6.07) is 11.9. The predicted octanol–water partition coefficient (Wildman–Crippen LogP) is 1.73. The molecule has 1 aromatic carbocycles. The highest BCUT2D eigenvalue weighted by Crippen LogP contribution is 2.31. The molecule has 4 heteroatoms. The molecule has 16 heavy (non-hydrogen) atoms. The van der Waals surface area contributed by atoms with Crippen LogP contribution in [0.2, 0.25) is 0 Å². The number of aliphatic hydroxyl groups is 2. The lowest BCUT2D eigenvalue weighted by Crippen LogP contribution is -2.15. The highest BCUT2D eigenvalue weighted by atomic mass is 32.2. The van der Waals surface area contributed by atoms with Crippen molar-refractivity contribution in [1.82, 2.24) is 0 Å². The molecule has 0 aromatic heterocycles. The zero-order chi connectivity index (χ0) is 11.8. The van der Waals surface area contributed by atoms with Crippen molar-refractivity contribution < 1.29 is 10.2 Å². The first-order valence-corrected chi connectivity index (χ1v) is 6.15. The van der Waals surface area contributed by atoms with E-state index in [0.29, 0.717) is 12.2 Å². The van der Waals surface area contributed by atoms with Crippen LogP contribution in [0.5, 0.6) is 0 Å². The highest BCUT2D eigenvalue weighted by molar-refractivity contribution is 7.99. The van der Waals surface area contributed by atoms with Gasteiger partial charge in [-0.1, -0.05) is 30.3 Å². The average Bonchev–Trinajstić information content (AvgIpc) is 2.35. The summed E-state index contributed by atoms with van der Waals surface area (Å²) in [5.41, 5.74) is 1.08. The largest absolute Gasteiger partial charge is 0.394 e. The molecule has 2 atom stereocenters. The Kier molecular flexibility index (Phi) is 5.94. The van der Waals surface area contributed by atoms with E-state index in [-0.39, 0.29) is 11.9 Å². The predicted molar refractivity (Wildman–Crippen MR) is 65.0 cm³/mol. The van der Waals surface area contributed by atoms with Crippen LogP contribution < -0.4 is 0 Å². The summed E-state index contributed by atoms with van der Waals surface area (Å²) in [5, 5.41) is 26.8. The Hall–Kier alpha value is -1.02. The van der Waals surface area contributed by atoms with E-state index in [4.69, 9.17) is 10.4 Å². The molecule has 2 unspecified atom stereocenters. The fourth-order valence-electron chi connectivity index (χ4n) is 1.30. The quantitative estimate of drug-likeness (QED) is 0.791. The monoisotopic (exact) mass is 237 g/mol. The molecule has 0 aliphatic rings. The molecule has 0 aliphatic heterocycles. The minimum absolute atomic E-state index is 0.0624. The van der Waals surface area contributed by atoms with Crippen LogP contribution >= 0.6 is 11.8 Å². The summed E-state index contributed by atoms with van der Waals surface area (Å²) in [4.78, 5) is 0. The van der Waals surface area contributed by atoms with Crippen LogP contribution in [0.3, 0.4) is 0 Å². The number of hydrogen-bond donors (Lipinski definition) is 2. The van der Waals surface area contributed by atoms with Gasteiger partial charge < -0.3 is 10.2 Å². The Balaban J connectivity index is 2.58. The molecule has 3 nitrogen and oxygen atoms in total. The first kappa shape index (κ1) is 13.0. The van der Waals surface area contributed by atoms with Gasteiger partial charge in [-0.25, -0.2) is 0 Å². The van der Waals surface area contributed by atoms with Gasteiger partial charge in [-0.3, -0.25) is 0 Å². The van der Waals surface area contributed by atoms with E-state index in [9.17, 15) is 5.11 Å². The maximum absolute atomic E-state index is 9.27. The number of nitrogens with zero attached hydrogens (tertiary/aromatic N) is 1. The number of rotatable bonds is 6. The highest BCUT2D eigenvalue weighted by Gasteiger charge is 2.13. The Morgan fingerprint density at radius 3 is 2.56 bits per heavy atom. The maximum Gasteiger partial charge on any atom is 0.0861 e. The first-order valence-electron chi connectivity index (χ1n) is 5.10. The van der Waals surface area contributed by atoms with Gasteiger partial charge in [0.1, 0.15) is 0 Å². The van der Waals surface area contributed by atoms with Crippen LogP contribution in [0.15, 0.2) is 30.3 Å². The van der Waals surface area contributed by atoms with Crippen molar-refractivity contribution >= 4 is 11.8 Å². The number of aliphatic hydroxyl groups excluding tert-OH is 2. The summed E-state index contributed by atoms with van der Waals surface area (Å²) in [6.45, 7) is -0.235. The molecule has 0 spiro atoms. The van der Waals surface area contributed by atoms with Crippen LogP contribution in [-0.4, -0.2) is 28.7 Å². The fraction of sp³-hybridized carbons (Fsp3) is 0.417. The zero-order valence-corrected chi connectivity index (χ0v) is 9.73. The van der Waals surface area contributed by atoms with Crippen LogP contribution in [0.25, 0.3) is 0 Å². The molecule has 2 N–H and O–H groups in total. The third kappa shape index (κ3) is 4.23. The van der Waals surface area contributed by atoms with E-state index in [1.54, 1.807) is 0 Å². The van der Waals surface area contributed by atoms with Crippen LogP contribution in [-0.2, 0) is 0 Å². The molecule has 0 aliphatic carbocycles. The van der Waals surface area contributed by atoms with Crippen molar-refractivity contribution in [2.24, 2.45) is 0 Å². The molecular weight excluding hydrogens is 222 g/mol. The lowest BCUT2D eigenvalue weighted by molar-refractivity contribution is 0.113. The van der Waals surface area contributed by atoms with Gasteiger partial charge in [0.15, 0.2) is 0 Å². The molecule has 0 saturated carbocycles. The second-order valence-corrected chi connectivity index (χ2v) is 4.67. The van der Waals surface area contributed by atoms with Crippen LogP contribution in [0.4, 0.5) is 0 Å². The van der Waals surface area contributed by atoms with Gasteiger partial charge >= 0.3 is 0 Å². The smallest absolute Gasteiger partial charge is 0.0861 e. The number of benzene rings is 1. The van der Waals surface area contributed by atoms with Crippen LogP contribution in [0, 0.1) is 11.3 Å². The number of thioether (sulfide) groups is 1. The second kappa shape index (κ2) is 7.29. The van der Waals surface area contributed by atoms with Gasteiger partial charge in [-0.2, -0.15) is 5.26 Å². The molecule has 1 aromatic rings. The van der Waals surface area contributed by atoms with Gasteiger partial charge in [0.25, 0.3) is 0 Å². The second-order valence-electron chi connectivity index (χ2n) is 3.43. The Morgan fingerprint density at radius 1 is 1.31 bits per heavy atom. The Morgan fingerprint density at radius 2 is 2.00 bits per heavy atom. The summed E-state index contributed by atoms with van der Waals surface area (Å²) >= 11 is 1.50. The molecule has 0 heterocycles. The van der Waals surface area contributed by atoms with Gasteiger partial charge in [0, 0.05) is 11.0 Å². The normalized spacial score (nSPS) is 14.1. The SMILES string of the molecule is N#CCC(SCC(O)CO)c1ccccc1. The van der Waals surface area contributed by atoms with Gasteiger partial charge in [-0.15, -0.1) is 11.8 Å². The van der Waals surface area contributed by atoms with E-state index in [1.165, 1.54) is 11.8 Å². The Labute approximate surface area is 99.7 Å². The fourth-order valence-corrected chi connectivity index (χ4v) is 2.41. The molecule has 0 bridgehead atoms. The van der Waals surface area contributed by atoms with E-state index in [1.807, 2.05) is 30.3 Å². The van der Waals surface area contributed by atoms with Crippen molar-refractivity contribution in [3.63, 3.8) is 0 Å². The molecule has 0 amide bonds. The van der Waals surface area contributed by atoms with E-state index in [2.05, 4.69) is 6.07 Å². The van der Waals surface area contributed by atoms with Crippen molar-refractivity contribution in [2.45, 2.75) is 17.8 Å². The van der Waals surface area contributed by atoms with E-state index >= 15 is 0 Å². The third-order valence-electron chi connectivity index (χ3n) is 2.15. The summed E-state index contributed by atoms with van der Waals surface area (Å²) in [6.07, 6.45) is -0.303. The lowest BCUT2D eigenvalue weighted by atomic mass is 10.1. The zero-order valence-electron chi connectivity index (χ0n) is 8.91. The minimum Gasteiger partial charge on any atom is -0.394 e. The number of hydrogen-bond acceptors (Lipinski definition) is 4. The average molecular weight is 237 g/mol. The summed E-state index contributed by atoms with van der Waals surface area (Å²) < 4.78 is 0. The molecule has 86 valence electrons. The van der Waals surface area contributed by atoms with Crippen LogP contribution in [0.1, 0.15) is 17.2 Å². The molecule has 0 radical (unpaired) electrons. The van der Waals surface area contributed by atoms with Gasteiger partial charge in [0.05, 0.1) is 25.2 Å². The van der Waals surface area contributed by atoms with Crippen molar-refractivity contribution in [3.05, 3.63) is 35.9 Å². The molecule has 0 saturated heterocycles. The first-order chi connectivity index (χ1) is 7.77.